The van der Waals surface area contributed by atoms with Crippen molar-refractivity contribution in [3.8, 4) is 0 Å². The first kappa shape index (κ1) is 15.6. The third kappa shape index (κ3) is 3.71. The first-order chi connectivity index (χ1) is 11.1. The van der Waals surface area contributed by atoms with E-state index >= 15 is 0 Å². The fraction of sp³-hybridized carbons (Fsp3) is 0.412. The van der Waals surface area contributed by atoms with Gasteiger partial charge in [0, 0.05) is 30.8 Å². The molecule has 0 spiro atoms. The highest BCUT2D eigenvalue weighted by Gasteiger charge is 2.36. The number of rotatable bonds is 6. The predicted octanol–water partition coefficient (Wildman–Crippen LogP) is 2.00. The van der Waals surface area contributed by atoms with Crippen LogP contribution in [-0.2, 0) is 11.8 Å². The van der Waals surface area contributed by atoms with Gasteiger partial charge in [-0.1, -0.05) is 6.92 Å². The lowest BCUT2D eigenvalue weighted by Crippen LogP contribution is -2.29. The average molecular weight is 315 g/mol. The van der Waals surface area contributed by atoms with Gasteiger partial charge in [0.05, 0.1) is 18.8 Å². The molecule has 23 heavy (non-hydrogen) atoms. The third-order valence-electron chi connectivity index (χ3n) is 4.15. The summed E-state index contributed by atoms with van der Waals surface area (Å²) in [5, 5.41) is 16.2. The maximum absolute atomic E-state index is 12.0. The minimum absolute atomic E-state index is 0.185. The molecule has 0 bridgehead atoms. The van der Waals surface area contributed by atoms with Crippen LogP contribution in [0.25, 0.3) is 6.08 Å². The largest absolute Gasteiger partial charge is 0.461 e. The Morgan fingerprint density at radius 2 is 2.39 bits per heavy atom. The Hall–Kier alpha value is -2.34. The van der Waals surface area contributed by atoms with Crippen LogP contribution in [0, 0.1) is 5.92 Å². The molecule has 2 heterocycles. The van der Waals surface area contributed by atoms with Crippen LogP contribution in [0.4, 0.5) is 0 Å². The summed E-state index contributed by atoms with van der Waals surface area (Å²) in [6.45, 7) is 2.01. The van der Waals surface area contributed by atoms with Gasteiger partial charge in [-0.2, -0.15) is 5.10 Å². The molecule has 0 aliphatic heterocycles. The Labute approximate surface area is 134 Å². The molecule has 3 unspecified atom stereocenters. The first-order valence-electron chi connectivity index (χ1n) is 7.74. The highest BCUT2D eigenvalue weighted by atomic mass is 16.3. The summed E-state index contributed by atoms with van der Waals surface area (Å²) >= 11 is 0. The van der Waals surface area contributed by atoms with E-state index in [-0.39, 0.29) is 12.5 Å². The number of aryl methyl sites for hydroxylation is 1. The number of furan rings is 1. The zero-order valence-electron chi connectivity index (χ0n) is 13.3. The fourth-order valence-electron chi connectivity index (χ4n) is 2.61. The number of amides is 1. The van der Waals surface area contributed by atoms with Crippen LogP contribution >= 0.6 is 0 Å². The standard InChI is InChI=1S/C17H21N3O3/c1-11-7-14(11)16-5-3-13(23-16)4-6-17(22)19-15(10-21)12-8-18-20(2)9-12/h3-6,8-9,11,14-15,21H,7,10H2,1-2H3,(H,19,22)/b6-4+. The number of hydrogen-bond acceptors (Lipinski definition) is 4. The van der Waals surface area contributed by atoms with Gasteiger partial charge in [-0.05, 0) is 30.5 Å². The lowest BCUT2D eigenvalue weighted by molar-refractivity contribution is -0.117. The predicted molar refractivity (Wildman–Crippen MR) is 85.4 cm³/mol. The summed E-state index contributed by atoms with van der Waals surface area (Å²) in [5.41, 5.74) is 0.764. The number of nitrogens with zero attached hydrogens (tertiary/aromatic N) is 2. The Kier molecular flexibility index (Phi) is 4.34. The highest BCUT2D eigenvalue weighted by molar-refractivity contribution is 5.91. The van der Waals surface area contributed by atoms with Crippen molar-refractivity contribution in [1.82, 2.24) is 15.1 Å². The summed E-state index contributed by atoms with van der Waals surface area (Å²) < 4.78 is 7.35. The maximum atomic E-state index is 12.0. The normalized spacial score (nSPS) is 21.5. The lowest BCUT2D eigenvalue weighted by Gasteiger charge is -2.12. The van der Waals surface area contributed by atoms with Crippen LogP contribution in [0.15, 0.2) is 35.0 Å². The molecule has 2 aromatic rings. The van der Waals surface area contributed by atoms with E-state index in [2.05, 4.69) is 17.3 Å². The van der Waals surface area contributed by atoms with Crippen molar-refractivity contribution in [3.05, 3.63) is 47.7 Å². The minimum atomic E-state index is -0.472. The van der Waals surface area contributed by atoms with Crippen molar-refractivity contribution in [2.75, 3.05) is 6.61 Å². The van der Waals surface area contributed by atoms with E-state index in [1.165, 1.54) is 12.5 Å². The van der Waals surface area contributed by atoms with Gasteiger partial charge in [0.1, 0.15) is 11.5 Å². The molecule has 1 amide bonds. The van der Waals surface area contributed by atoms with Crippen LogP contribution < -0.4 is 5.32 Å². The second-order valence-electron chi connectivity index (χ2n) is 6.08. The van der Waals surface area contributed by atoms with Crippen molar-refractivity contribution in [2.24, 2.45) is 13.0 Å². The van der Waals surface area contributed by atoms with E-state index in [0.29, 0.717) is 17.6 Å². The lowest BCUT2D eigenvalue weighted by atomic mass is 10.2. The van der Waals surface area contributed by atoms with Crippen molar-refractivity contribution >= 4 is 12.0 Å². The number of nitrogens with one attached hydrogen (secondary N) is 1. The number of carbonyl (C=O) groups excluding carboxylic acids is 1. The number of carbonyl (C=O) groups is 1. The van der Waals surface area contributed by atoms with Gasteiger partial charge in [0.15, 0.2) is 0 Å². The highest BCUT2D eigenvalue weighted by Crippen LogP contribution is 2.47. The van der Waals surface area contributed by atoms with Gasteiger partial charge in [0.25, 0.3) is 0 Å². The second kappa shape index (κ2) is 6.42. The number of aromatic nitrogens is 2. The first-order valence-corrected chi connectivity index (χ1v) is 7.74. The molecular weight excluding hydrogens is 294 g/mol. The Morgan fingerprint density at radius 1 is 1.61 bits per heavy atom. The number of aliphatic hydroxyl groups is 1. The van der Waals surface area contributed by atoms with E-state index in [0.717, 1.165) is 11.3 Å². The molecule has 6 heteroatoms. The van der Waals surface area contributed by atoms with Crippen LogP contribution in [0.1, 0.15) is 42.4 Å². The van der Waals surface area contributed by atoms with Crippen LogP contribution in [0.2, 0.25) is 0 Å². The van der Waals surface area contributed by atoms with E-state index in [1.807, 2.05) is 12.1 Å². The third-order valence-corrected chi connectivity index (χ3v) is 4.15. The number of aliphatic hydroxyl groups excluding tert-OH is 1. The average Bonchev–Trinajstić information content (AvgIpc) is 2.93. The summed E-state index contributed by atoms with van der Waals surface area (Å²) in [7, 11) is 1.79. The minimum Gasteiger partial charge on any atom is -0.461 e. The van der Waals surface area contributed by atoms with Gasteiger partial charge < -0.3 is 14.8 Å². The van der Waals surface area contributed by atoms with Gasteiger partial charge in [-0.15, -0.1) is 0 Å². The van der Waals surface area contributed by atoms with Crippen molar-refractivity contribution in [3.63, 3.8) is 0 Å². The zero-order valence-corrected chi connectivity index (χ0v) is 13.3. The summed E-state index contributed by atoms with van der Waals surface area (Å²) in [6.07, 6.45) is 7.61. The van der Waals surface area contributed by atoms with Crippen molar-refractivity contribution in [1.29, 1.82) is 0 Å². The Balaban J connectivity index is 1.58. The van der Waals surface area contributed by atoms with Gasteiger partial charge in [-0.25, -0.2) is 0 Å². The summed E-state index contributed by atoms with van der Waals surface area (Å²) in [4.78, 5) is 12.0. The number of hydrogen-bond donors (Lipinski definition) is 2. The van der Waals surface area contributed by atoms with Crippen LogP contribution in [0.5, 0.6) is 0 Å². The molecule has 3 rings (SSSR count). The molecule has 0 radical (unpaired) electrons. The molecule has 122 valence electrons. The van der Waals surface area contributed by atoms with Crippen molar-refractivity contribution < 1.29 is 14.3 Å². The van der Waals surface area contributed by atoms with E-state index in [4.69, 9.17) is 4.42 Å². The molecule has 1 saturated carbocycles. The van der Waals surface area contributed by atoms with Crippen LogP contribution in [0.3, 0.4) is 0 Å². The second-order valence-corrected chi connectivity index (χ2v) is 6.08. The molecule has 1 aliphatic carbocycles. The topological polar surface area (TPSA) is 80.3 Å². The molecule has 1 fully saturated rings. The summed E-state index contributed by atoms with van der Waals surface area (Å²) in [6, 6.07) is 3.37. The molecule has 6 nitrogen and oxygen atoms in total. The van der Waals surface area contributed by atoms with Gasteiger partial charge in [-0.3, -0.25) is 9.48 Å². The van der Waals surface area contributed by atoms with Crippen LogP contribution in [-0.4, -0.2) is 27.4 Å². The van der Waals surface area contributed by atoms with Gasteiger partial charge in [0.2, 0.25) is 5.91 Å². The Bertz CT molecular complexity index is 716. The quantitative estimate of drug-likeness (QED) is 0.799. The molecule has 0 aromatic carbocycles. The smallest absolute Gasteiger partial charge is 0.244 e. The molecule has 0 saturated heterocycles. The fourth-order valence-corrected chi connectivity index (χ4v) is 2.61. The zero-order chi connectivity index (χ0) is 16.4. The van der Waals surface area contributed by atoms with Gasteiger partial charge >= 0.3 is 0 Å². The molecule has 2 N–H and O–H groups in total. The SMILES string of the molecule is CC1CC1c1ccc(/C=C/C(=O)NC(CO)c2cnn(C)c2)o1. The molecule has 1 aliphatic rings. The monoisotopic (exact) mass is 315 g/mol. The van der Waals surface area contributed by atoms with E-state index in [1.54, 1.807) is 30.2 Å². The van der Waals surface area contributed by atoms with E-state index in [9.17, 15) is 9.90 Å². The molecule has 3 atom stereocenters. The maximum Gasteiger partial charge on any atom is 0.244 e. The Morgan fingerprint density at radius 3 is 3.00 bits per heavy atom. The molecular formula is C17H21N3O3. The van der Waals surface area contributed by atoms with E-state index < -0.39 is 6.04 Å². The summed E-state index contributed by atoms with van der Waals surface area (Å²) in [5.74, 6) is 2.57. The molecule has 2 aromatic heterocycles. The van der Waals surface area contributed by atoms with Crippen molar-refractivity contribution in [2.45, 2.75) is 25.3 Å².